The maximum absolute atomic E-state index is 12.1. The number of esters is 1. The zero-order valence-corrected chi connectivity index (χ0v) is 11.9. The van der Waals surface area contributed by atoms with E-state index in [1.54, 1.807) is 0 Å². The minimum absolute atomic E-state index is 0.0821. The summed E-state index contributed by atoms with van der Waals surface area (Å²) in [6.07, 6.45) is 1.78. The summed E-state index contributed by atoms with van der Waals surface area (Å²) in [7, 11) is -2.12. The van der Waals surface area contributed by atoms with E-state index in [0.29, 0.717) is 13.0 Å². The molecule has 1 rings (SSSR count). The number of nitrogens with zero attached hydrogens (tertiary/aromatic N) is 1. The zero-order valence-electron chi connectivity index (χ0n) is 10.3. The van der Waals surface area contributed by atoms with Gasteiger partial charge in [0.25, 0.3) is 0 Å². The van der Waals surface area contributed by atoms with E-state index in [1.807, 2.05) is 0 Å². The van der Waals surface area contributed by atoms with E-state index in [-0.39, 0.29) is 29.6 Å². The topological polar surface area (TPSA) is 89.7 Å². The largest absolute Gasteiger partial charge is 0.469 e. The van der Waals surface area contributed by atoms with Crippen LogP contribution in [0, 0.1) is 0 Å². The summed E-state index contributed by atoms with van der Waals surface area (Å²) in [6, 6.07) is -0.372. The van der Waals surface area contributed by atoms with Gasteiger partial charge in [0.2, 0.25) is 10.0 Å². The van der Waals surface area contributed by atoms with Crippen molar-refractivity contribution >= 4 is 33.2 Å². The molecule has 0 amide bonds. The van der Waals surface area contributed by atoms with Crippen molar-refractivity contribution in [1.29, 1.82) is 0 Å². The molecule has 1 atom stereocenters. The summed E-state index contributed by atoms with van der Waals surface area (Å²) in [5.41, 5.74) is 5.53. The second kappa shape index (κ2) is 6.44. The van der Waals surface area contributed by atoms with Gasteiger partial charge in [-0.05, 0) is 19.3 Å². The number of carbonyl (C=O) groups is 1. The van der Waals surface area contributed by atoms with E-state index < -0.39 is 16.0 Å². The third kappa shape index (κ3) is 3.89. The fraction of sp³-hybridized carbons (Fsp3) is 0.800. The lowest BCUT2D eigenvalue weighted by Gasteiger charge is -2.22. The fourth-order valence-corrected chi connectivity index (χ4v) is 4.05. The Hall–Kier alpha value is -0.730. The molecule has 1 unspecified atom stereocenters. The molecule has 1 fully saturated rings. The van der Waals surface area contributed by atoms with Gasteiger partial charge in [-0.1, -0.05) is 12.2 Å². The lowest BCUT2D eigenvalue weighted by atomic mass is 10.2. The molecule has 1 saturated heterocycles. The molecule has 6 nitrogen and oxygen atoms in total. The normalized spacial score (nSPS) is 20.8. The average molecular weight is 294 g/mol. The van der Waals surface area contributed by atoms with Crippen LogP contribution in [0.15, 0.2) is 0 Å². The molecule has 0 spiro atoms. The van der Waals surface area contributed by atoms with Gasteiger partial charge in [0.05, 0.1) is 23.9 Å². The maximum Gasteiger partial charge on any atom is 0.305 e. The first-order chi connectivity index (χ1) is 8.38. The highest BCUT2D eigenvalue weighted by atomic mass is 32.2. The summed E-state index contributed by atoms with van der Waals surface area (Å²) in [4.78, 5) is 11.1. The number of thiocarbonyl (C=S) groups is 1. The Morgan fingerprint density at radius 3 is 2.78 bits per heavy atom. The van der Waals surface area contributed by atoms with Crippen molar-refractivity contribution in [3.05, 3.63) is 0 Å². The van der Waals surface area contributed by atoms with E-state index in [1.165, 1.54) is 11.4 Å². The second-order valence-corrected chi connectivity index (χ2v) is 6.68. The van der Waals surface area contributed by atoms with Crippen LogP contribution in [0.1, 0.15) is 25.7 Å². The molecule has 0 radical (unpaired) electrons. The van der Waals surface area contributed by atoms with Gasteiger partial charge >= 0.3 is 5.97 Å². The van der Waals surface area contributed by atoms with Crippen LogP contribution >= 0.6 is 12.2 Å². The van der Waals surface area contributed by atoms with Gasteiger partial charge in [0, 0.05) is 13.0 Å². The molecule has 0 saturated carbocycles. The van der Waals surface area contributed by atoms with Gasteiger partial charge in [0.15, 0.2) is 0 Å². The van der Waals surface area contributed by atoms with Gasteiger partial charge in [-0.2, -0.15) is 4.31 Å². The summed E-state index contributed by atoms with van der Waals surface area (Å²) in [5, 5.41) is 0. The van der Waals surface area contributed by atoms with E-state index in [0.717, 1.165) is 6.42 Å². The molecule has 18 heavy (non-hydrogen) atoms. The molecule has 1 heterocycles. The number of methoxy groups -OCH3 is 1. The van der Waals surface area contributed by atoms with Crippen molar-refractivity contribution in [3.8, 4) is 0 Å². The second-order valence-electron chi connectivity index (χ2n) is 4.17. The fourth-order valence-electron chi connectivity index (χ4n) is 1.98. The van der Waals surface area contributed by atoms with E-state index >= 15 is 0 Å². The molecule has 0 aromatic heterocycles. The molecule has 8 heteroatoms. The zero-order chi connectivity index (χ0) is 13.8. The first-order valence-corrected chi connectivity index (χ1v) is 7.76. The molecule has 1 aliphatic rings. The van der Waals surface area contributed by atoms with Crippen molar-refractivity contribution in [2.75, 3.05) is 19.4 Å². The van der Waals surface area contributed by atoms with Crippen molar-refractivity contribution in [3.63, 3.8) is 0 Å². The van der Waals surface area contributed by atoms with Crippen LogP contribution in [0.25, 0.3) is 0 Å². The van der Waals surface area contributed by atoms with Gasteiger partial charge in [-0.3, -0.25) is 4.79 Å². The SMILES string of the molecule is COC(=O)CCCS(=O)(=O)N1CCCC1C(N)=S. The Bertz CT molecular complexity index is 422. The number of carbonyl (C=O) groups excluding carboxylic acids is 1. The van der Waals surface area contributed by atoms with Crippen molar-refractivity contribution in [1.82, 2.24) is 4.31 Å². The summed E-state index contributed by atoms with van der Waals surface area (Å²) in [6.45, 7) is 0.447. The number of rotatable bonds is 6. The summed E-state index contributed by atoms with van der Waals surface area (Å²) >= 11 is 4.87. The highest BCUT2D eigenvalue weighted by molar-refractivity contribution is 7.89. The number of ether oxygens (including phenoxy) is 1. The lowest BCUT2D eigenvalue weighted by Crippen LogP contribution is -2.43. The quantitative estimate of drug-likeness (QED) is 0.549. The predicted octanol–water partition coefficient (Wildman–Crippen LogP) is 0.0199. The molecule has 104 valence electrons. The maximum atomic E-state index is 12.1. The van der Waals surface area contributed by atoms with E-state index in [9.17, 15) is 13.2 Å². The Balaban J connectivity index is 2.58. The minimum atomic E-state index is -3.40. The standard InChI is InChI=1S/C10H18N2O4S2/c1-16-9(13)5-3-7-18(14,15)12-6-2-4-8(12)10(11)17/h8H,2-7H2,1H3,(H2,11,17). The molecule has 1 aliphatic heterocycles. The highest BCUT2D eigenvalue weighted by Gasteiger charge is 2.35. The molecule has 0 bridgehead atoms. The molecule has 0 aliphatic carbocycles. The molecular weight excluding hydrogens is 276 g/mol. The minimum Gasteiger partial charge on any atom is -0.469 e. The number of sulfonamides is 1. The Kier molecular flexibility index (Phi) is 5.48. The monoisotopic (exact) mass is 294 g/mol. The number of hydrogen-bond acceptors (Lipinski definition) is 5. The molecule has 2 N–H and O–H groups in total. The van der Waals surface area contributed by atoms with Crippen molar-refractivity contribution in [2.45, 2.75) is 31.7 Å². The van der Waals surface area contributed by atoms with Crippen LogP contribution in [0.4, 0.5) is 0 Å². The van der Waals surface area contributed by atoms with Crippen molar-refractivity contribution in [2.24, 2.45) is 5.73 Å². The van der Waals surface area contributed by atoms with Gasteiger partial charge in [-0.15, -0.1) is 0 Å². The van der Waals surface area contributed by atoms with Crippen molar-refractivity contribution < 1.29 is 17.9 Å². The van der Waals surface area contributed by atoms with Crippen LogP contribution in [0.3, 0.4) is 0 Å². The first kappa shape index (κ1) is 15.3. The van der Waals surface area contributed by atoms with E-state index in [2.05, 4.69) is 4.74 Å². The third-order valence-corrected chi connectivity index (χ3v) is 5.13. The van der Waals surface area contributed by atoms with Crippen LogP contribution in [-0.2, 0) is 19.6 Å². The lowest BCUT2D eigenvalue weighted by molar-refractivity contribution is -0.140. The number of hydrogen-bond donors (Lipinski definition) is 1. The molecular formula is C10H18N2O4S2. The van der Waals surface area contributed by atoms with Crippen LogP contribution in [0.5, 0.6) is 0 Å². The van der Waals surface area contributed by atoms with Crippen LogP contribution in [-0.4, -0.2) is 49.1 Å². The van der Waals surface area contributed by atoms with Gasteiger partial charge in [-0.25, -0.2) is 8.42 Å². The Morgan fingerprint density at radius 2 is 2.22 bits per heavy atom. The first-order valence-electron chi connectivity index (χ1n) is 5.74. The van der Waals surface area contributed by atoms with Crippen LogP contribution < -0.4 is 5.73 Å². The third-order valence-electron chi connectivity index (χ3n) is 2.90. The highest BCUT2D eigenvalue weighted by Crippen LogP contribution is 2.22. The smallest absolute Gasteiger partial charge is 0.305 e. The molecule has 0 aromatic rings. The molecule has 0 aromatic carbocycles. The summed E-state index contributed by atoms with van der Waals surface area (Å²) in [5.74, 6) is -0.487. The Morgan fingerprint density at radius 1 is 1.56 bits per heavy atom. The van der Waals surface area contributed by atoms with Gasteiger partial charge in [0.1, 0.15) is 0 Å². The number of nitrogens with two attached hydrogens (primary N) is 1. The summed E-state index contributed by atoms with van der Waals surface area (Å²) < 4.78 is 30.0. The Labute approximate surface area is 113 Å². The van der Waals surface area contributed by atoms with E-state index in [4.69, 9.17) is 18.0 Å². The predicted molar refractivity (Wildman–Crippen MR) is 71.6 cm³/mol. The average Bonchev–Trinajstić information content (AvgIpc) is 2.78. The van der Waals surface area contributed by atoms with Gasteiger partial charge < -0.3 is 10.5 Å². The van der Waals surface area contributed by atoms with Crippen LogP contribution in [0.2, 0.25) is 0 Å².